The Morgan fingerprint density at radius 1 is 1.12 bits per heavy atom. The zero-order valence-electron chi connectivity index (χ0n) is 14.3. The standard InChI is InChI=1S/C18H25N5O2/c24-16-8-13-10-23(18-14-1-2-19-17(14)20-11-21-18)9-12(13)7-15(16)22-3-5-25-6-4-22/h1-2,11-13,15-16,24H,3-10H2,(H,19,20,21)/t12-,13+,15-,16-/m1/s1. The molecule has 0 aromatic carbocycles. The molecule has 0 amide bonds. The molecule has 0 bridgehead atoms. The van der Waals surface area contributed by atoms with Crippen LogP contribution in [0.1, 0.15) is 12.8 Å². The molecular weight excluding hydrogens is 318 g/mol. The van der Waals surface area contributed by atoms with Crippen LogP contribution in [-0.4, -0.2) is 76.5 Å². The summed E-state index contributed by atoms with van der Waals surface area (Å²) >= 11 is 0. The summed E-state index contributed by atoms with van der Waals surface area (Å²) < 4.78 is 5.47. The number of rotatable bonds is 2. The summed E-state index contributed by atoms with van der Waals surface area (Å²) in [5, 5.41) is 11.8. The molecule has 2 N–H and O–H groups in total. The van der Waals surface area contributed by atoms with E-state index in [4.69, 9.17) is 4.74 Å². The molecule has 2 aromatic rings. The van der Waals surface area contributed by atoms with Crippen LogP contribution in [0.3, 0.4) is 0 Å². The van der Waals surface area contributed by atoms with Crippen molar-refractivity contribution in [2.45, 2.75) is 25.0 Å². The van der Waals surface area contributed by atoms with Crippen molar-refractivity contribution in [3.63, 3.8) is 0 Å². The number of aliphatic hydroxyl groups excluding tert-OH is 1. The highest BCUT2D eigenvalue weighted by Crippen LogP contribution is 2.40. The highest BCUT2D eigenvalue weighted by atomic mass is 16.5. The maximum absolute atomic E-state index is 10.7. The number of nitrogens with one attached hydrogen (secondary N) is 1. The van der Waals surface area contributed by atoms with E-state index in [1.54, 1.807) is 6.33 Å². The second-order valence-corrected chi connectivity index (χ2v) is 7.62. The lowest BCUT2D eigenvalue weighted by atomic mass is 9.77. The van der Waals surface area contributed by atoms with Gasteiger partial charge in [-0.15, -0.1) is 0 Å². The van der Waals surface area contributed by atoms with Gasteiger partial charge in [-0.05, 0) is 30.7 Å². The van der Waals surface area contributed by atoms with Crippen molar-refractivity contribution in [2.75, 3.05) is 44.3 Å². The van der Waals surface area contributed by atoms with E-state index in [1.165, 1.54) is 0 Å². The second kappa shape index (κ2) is 6.23. The van der Waals surface area contributed by atoms with Crippen molar-refractivity contribution in [1.29, 1.82) is 0 Å². The maximum atomic E-state index is 10.7. The molecule has 0 spiro atoms. The van der Waals surface area contributed by atoms with Gasteiger partial charge in [0.25, 0.3) is 0 Å². The number of aromatic nitrogens is 3. The van der Waals surface area contributed by atoms with E-state index in [0.29, 0.717) is 11.8 Å². The first-order valence-electron chi connectivity index (χ1n) is 9.32. The van der Waals surface area contributed by atoms with Crippen molar-refractivity contribution in [2.24, 2.45) is 11.8 Å². The lowest BCUT2D eigenvalue weighted by Crippen LogP contribution is -2.53. The minimum absolute atomic E-state index is 0.225. The number of nitrogens with zero attached hydrogens (tertiary/aromatic N) is 4. The smallest absolute Gasteiger partial charge is 0.142 e. The molecule has 7 heteroatoms. The predicted molar refractivity (Wildman–Crippen MR) is 94.5 cm³/mol. The molecule has 134 valence electrons. The van der Waals surface area contributed by atoms with Gasteiger partial charge in [-0.25, -0.2) is 9.97 Å². The summed E-state index contributed by atoms with van der Waals surface area (Å²) in [7, 11) is 0. The van der Waals surface area contributed by atoms with E-state index < -0.39 is 0 Å². The van der Waals surface area contributed by atoms with Crippen molar-refractivity contribution in [1.82, 2.24) is 19.9 Å². The van der Waals surface area contributed by atoms with Crippen molar-refractivity contribution >= 4 is 16.9 Å². The molecule has 2 aliphatic heterocycles. The molecule has 3 aliphatic rings. The third-order valence-electron chi connectivity index (χ3n) is 6.26. The van der Waals surface area contributed by atoms with E-state index in [1.807, 2.05) is 6.20 Å². The second-order valence-electron chi connectivity index (χ2n) is 7.62. The first-order chi connectivity index (χ1) is 12.3. The Kier molecular flexibility index (Phi) is 3.87. The Balaban J connectivity index is 1.35. The third-order valence-corrected chi connectivity index (χ3v) is 6.26. The van der Waals surface area contributed by atoms with Crippen LogP contribution in [0, 0.1) is 11.8 Å². The van der Waals surface area contributed by atoms with Crippen LogP contribution in [0.2, 0.25) is 0 Å². The largest absolute Gasteiger partial charge is 0.391 e. The van der Waals surface area contributed by atoms with Crippen molar-refractivity contribution < 1.29 is 9.84 Å². The van der Waals surface area contributed by atoms with Crippen LogP contribution < -0.4 is 4.90 Å². The summed E-state index contributed by atoms with van der Waals surface area (Å²) in [6.45, 7) is 5.47. The van der Waals surface area contributed by atoms with E-state index in [2.05, 4.69) is 30.8 Å². The highest BCUT2D eigenvalue weighted by Gasteiger charge is 2.44. The number of hydrogen-bond donors (Lipinski definition) is 2. The van der Waals surface area contributed by atoms with E-state index in [0.717, 1.165) is 69.1 Å². The third kappa shape index (κ3) is 2.70. The monoisotopic (exact) mass is 343 g/mol. The number of H-pyrrole nitrogens is 1. The molecule has 0 unspecified atom stereocenters. The molecule has 4 heterocycles. The zero-order valence-corrected chi connectivity index (χ0v) is 14.3. The SMILES string of the molecule is O[C@@H]1C[C@H]2CN(c3ncnc4[nH]ccc34)C[C@H]2C[C@H]1N1CCOCC1. The van der Waals surface area contributed by atoms with Crippen LogP contribution in [0.25, 0.3) is 11.0 Å². The van der Waals surface area contributed by atoms with Gasteiger partial charge in [0, 0.05) is 38.4 Å². The average Bonchev–Trinajstić information content (AvgIpc) is 3.27. The fourth-order valence-electron chi connectivity index (χ4n) is 4.99. The van der Waals surface area contributed by atoms with Gasteiger partial charge in [0.1, 0.15) is 17.8 Å². The van der Waals surface area contributed by atoms with Crippen LogP contribution in [0.15, 0.2) is 18.6 Å². The molecule has 3 fully saturated rings. The Labute approximate surface area is 147 Å². The number of hydrogen-bond acceptors (Lipinski definition) is 6. The van der Waals surface area contributed by atoms with Crippen LogP contribution >= 0.6 is 0 Å². The first-order valence-corrected chi connectivity index (χ1v) is 9.32. The van der Waals surface area contributed by atoms with Gasteiger partial charge in [0.2, 0.25) is 0 Å². The number of morpholine rings is 1. The minimum Gasteiger partial charge on any atom is -0.391 e. The lowest BCUT2D eigenvalue weighted by molar-refractivity contribution is -0.0520. The molecule has 4 atom stereocenters. The number of fused-ring (bicyclic) bond motifs is 2. The first kappa shape index (κ1) is 15.5. The Bertz CT molecular complexity index is 744. The molecule has 7 nitrogen and oxygen atoms in total. The highest BCUT2D eigenvalue weighted by molar-refractivity contribution is 5.87. The number of aliphatic hydroxyl groups is 1. The Hall–Kier alpha value is -1.70. The van der Waals surface area contributed by atoms with Crippen LogP contribution in [-0.2, 0) is 4.74 Å². The van der Waals surface area contributed by atoms with Crippen LogP contribution in [0.4, 0.5) is 5.82 Å². The topological polar surface area (TPSA) is 77.5 Å². The molecule has 2 aromatic heterocycles. The summed E-state index contributed by atoms with van der Waals surface area (Å²) in [6, 6.07) is 2.33. The Morgan fingerprint density at radius 3 is 2.76 bits per heavy atom. The molecule has 5 rings (SSSR count). The van der Waals surface area contributed by atoms with Gasteiger partial charge >= 0.3 is 0 Å². The predicted octanol–water partition coefficient (Wildman–Crippen LogP) is 0.866. The van der Waals surface area contributed by atoms with Gasteiger partial charge in [-0.3, -0.25) is 4.90 Å². The minimum atomic E-state index is -0.225. The summed E-state index contributed by atoms with van der Waals surface area (Å²) in [4.78, 5) is 16.8. The van der Waals surface area contributed by atoms with E-state index in [-0.39, 0.29) is 12.1 Å². The number of anilines is 1. The number of ether oxygens (including phenoxy) is 1. The quantitative estimate of drug-likeness (QED) is 0.842. The summed E-state index contributed by atoms with van der Waals surface area (Å²) in [5.41, 5.74) is 0.895. The average molecular weight is 343 g/mol. The van der Waals surface area contributed by atoms with Gasteiger partial charge in [0.05, 0.1) is 24.7 Å². The Morgan fingerprint density at radius 2 is 1.92 bits per heavy atom. The van der Waals surface area contributed by atoms with Gasteiger partial charge in [0.15, 0.2) is 0 Å². The molecular formula is C18H25N5O2. The van der Waals surface area contributed by atoms with Crippen LogP contribution in [0.5, 0.6) is 0 Å². The maximum Gasteiger partial charge on any atom is 0.142 e. The van der Waals surface area contributed by atoms with Gasteiger partial charge < -0.3 is 19.7 Å². The fourth-order valence-corrected chi connectivity index (χ4v) is 4.99. The molecule has 2 saturated heterocycles. The molecule has 25 heavy (non-hydrogen) atoms. The van der Waals surface area contributed by atoms with Gasteiger partial charge in [-0.1, -0.05) is 0 Å². The summed E-state index contributed by atoms with van der Waals surface area (Å²) in [6.07, 6.45) is 5.30. The fraction of sp³-hybridized carbons (Fsp3) is 0.667. The zero-order chi connectivity index (χ0) is 16.8. The van der Waals surface area contributed by atoms with E-state index in [9.17, 15) is 5.11 Å². The van der Waals surface area contributed by atoms with Crippen molar-refractivity contribution in [3.8, 4) is 0 Å². The lowest BCUT2D eigenvalue weighted by Gasteiger charge is -2.43. The van der Waals surface area contributed by atoms with E-state index >= 15 is 0 Å². The molecule has 1 saturated carbocycles. The van der Waals surface area contributed by atoms with Crippen molar-refractivity contribution in [3.05, 3.63) is 18.6 Å². The number of aromatic amines is 1. The summed E-state index contributed by atoms with van der Waals surface area (Å²) in [5.74, 6) is 2.20. The normalized spacial score (nSPS) is 33.7. The molecule has 1 aliphatic carbocycles. The molecule has 0 radical (unpaired) electrons. The van der Waals surface area contributed by atoms with Gasteiger partial charge in [-0.2, -0.15) is 0 Å².